The smallest absolute Gasteiger partial charge is 0.274 e. The van der Waals surface area contributed by atoms with Crippen molar-refractivity contribution in [3.63, 3.8) is 0 Å². The molecule has 1 aliphatic rings. The van der Waals surface area contributed by atoms with Crippen LogP contribution in [0, 0.1) is 0 Å². The quantitative estimate of drug-likeness (QED) is 0.874. The third-order valence-electron chi connectivity index (χ3n) is 3.95. The van der Waals surface area contributed by atoms with Crippen LogP contribution in [0.4, 0.5) is 0 Å². The van der Waals surface area contributed by atoms with Crippen molar-refractivity contribution in [2.75, 3.05) is 19.8 Å². The lowest BCUT2D eigenvalue weighted by molar-refractivity contribution is -0.00490. The van der Waals surface area contributed by atoms with E-state index in [-0.39, 0.29) is 11.9 Å². The number of aryl methyl sites for hydroxylation is 1. The molecule has 0 unspecified atom stereocenters. The highest BCUT2D eigenvalue weighted by Gasteiger charge is 2.31. The molecule has 0 N–H and O–H groups in total. The summed E-state index contributed by atoms with van der Waals surface area (Å²) in [5, 5.41) is 2.88. The highest BCUT2D eigenvalue weighted by atomic mass is 32.1. The number of carbonyl (C=O) groups excluding carboxylic acids is 1. The Kier molecular flexibility index (Phi) is 4.31. The van der Waals surface area contributed by atoms with Crippen molar-refractivity contribution in [1.29, 1.82) is 0 Å². The zero-order valence-corrected chi connectivity index (χ0v) is 14.0. The lowest BCUT2D eigenvalue weighted by Crippen LogP contribution is -2.44. The van der Waals surface area contributed by atoms with Crippen LogP contribution in [0.15, 0.2) is 23.7 Å². The van der Waals surface area contributed by atoms with E-state index in [1.54, 1.807) is 11.3 Å². The van der Waals surface area contributed by atoms with Gasteiger partial charge in [0.05, 0.1) is 24.3 Å². The highest BCUT2D eigenvalue weighted by Crippen LogP contribution is 2.27. The van der Waals surface area contributed by atoms with Crippen molar-refractivity contribution in [1.82, 2.24) is 14.5 Å². The number of ether oxygens (including phenoxy) is 1. The maximum absolute atomic E-state index is 12.9. The molecule has 2 aromatic rings. The number of morpholine rings is 1. The van der Waals surface area contributed by atoms with Crippen molar-refractivity contribution in [2.45, 2.75) is 25.8 Å². The van der Waals surface area contributed by atoms with Crippen molar-refractivity contribution >= 4 is 17.2 Å². The molecule has 1 amide bonds. The molecule has 1 aliphatic heterocycles. The predicted molar refractivity (Wildman–Crippen MR) is 86.2 cm³/mol. The van der Waals surface area contributed by atoms with E-state index in [1.165, 1.54) is 0 Å². The van der Waals surface area contributed by atoms with Gasteiger partial charge in [0.15, 0.2) is 0 Å². The first-order valence-electron chi connectivity index (χ1n) is 7.53. The van der Waals surface area contributed by atoms with E-state index in [4.69, 9.17) is 4.74 Å². The van der Waals surface area contributed by atoms with E-state index in [2.05, 4.69) is 18.8 Å². The number of hydrogen-bond donors (Lipinski definition) is 0. The van der Waals surface area contributed by atoms with E-state index < -0.39 is 0 Å². The third-order valence-corrected chi connectivity index (χ3v) is 5.09. The number of aromatic nitrogens is 2. The van der Waals surface area contributed by atoms with Gasteiger partial charge in [-0.3, -0.25) is 4.79 Å². The fourth-order valence-electron chi connectivity index (χ4n) is 2.71. The van der Waals surface area contributed by atoms with Gasteiger partial charge in [0.25, 0.3) is 5.91 Å². The molecular formula is C16H21N3O2S. The van der Waals surface area contributed by atoms with Gasteiger partial charge in [0.2, 0.25) is 0 Å². The van der Waals surface area contributed by atoms with E-state index in [0.29, 0.717) is 31.4 Å². The summed E-state index contributed by atoms with van der Waals surface area (Å²) in [4.78, 5) is 19.2. The molecule has 1 saturated heterocycles. The van der Waals surface area contributed by atoms with Crippen LogP contribution in [-0.2, 0) is 11.8 Å². The predicted octanol–water partition coefficient (Wildman–Crippen LogP) is 2.82. The Balaban J connectivity index is 1.86. The van der Waals surface area contributed by atoms with Crippen LogP contribution in [0.2, 0.25) is 0 Å². The van der Waals surface area contributed by atoms with Gasteiger partial charge in [-0.05, 0) is 12.1 Å². The maximum atomic E-state index is 12.9. The molecule has 0 spiro atoms. The Morgan fingerprint density at radius 3 is 2.95 bits per heavy atom. The van der Waals surface area contributed by atoms with Crippen LogP contribution in [0.25, 0.3) is 0 Å². The fourth-order valence-corrected chi connectivity index (χ4v) is 3.52. The van der Waals surface area contributed by atoms with Crippen LogP contribution >= 0.6 is 11.3 Å². The van der Waals surface area contributed by atoms with Crippen molar-refractivity contribution in [3.05, 3.63) is 40.1 Å². The summed E-state index contributed by atoms with van der Waals surface area (Å²) in [6, 6.07) is 3.98. The van der Waals surface area contributed by atoms with Crippen LogP contribution in [-0.4, -0.2) is 40.1 Å². The van der Waals surface area contributed by atoms with Gasteiger partial charge in [0, 0.05) is 36.8 Å². The molecule has 22 heavy (non-hydrogen) atoms. The van der Waals surface area contributed by atoms with E-state index >= 15 is 0 Å². The molecule has 0 aromatic carbocycles. The molecular weight excluding hydrogens is 298 g/mol. The molecule has 6 heteroatoms. The number of thiazole rings is 1. The Morgan fingerprint density at radius 1 is 1.50 bits per heavy atom. The second-order valence-corrected chi connectivity index (χ2v) is 6.75. The Labute approximate surface area is 134 Å². The highest BCUT2D eigenvalue weighted by molar-refractivity contribution is 7.09. The first kappa shape index (κ1) is 15.2. The second kappa shape index (κ2) is 6.22. The number of amides is 1. The Morgan fingerprint density at radius 2 is 2.32 bits per heavy atom. The number of carbonyl (C=O) groups is 1. The normalized spacial score (nSPS) is 18.9. The van der Waals surface area contributed by atoms with Gasteiger partial charge in [0.1, 0.15) is 5.69 Å². The number of hydrogen-bond acceptors (Lipinski definition) is 4. The molecule has 3 heterocycles. The average Bonchev–Trinajstić information content (AvgIpc) is 3.15. The summed E-state index contributed by atoms with van der Waals surface area (Å²) in [6.07, 6.45) is 1.99. The van der Waals surface area contributed by atoms with Gasteiger partial charge in [-0.1, -0.05) is 13.8 Å². The second-order valence-electron chi connectivity index (χ2n) is 5.86. The lowest BCUT2D eigenvalue weighted by Gasteiger charge is -2.35. The zero-order valence-electron chi connectivity index (χ0n) is 13.2. The van der Waals surface area contributed by atoms with Crippen LogP contribution in [0.1, 0.15) is 47.0 Å². The monoisotopic (exact) mass is 319 g/mol. The first-order valence-corrected chi connectivity index (χ1v) is 8.41. The van der Waals surface area contributed by atoms with Crippen molar-refractivity contribution in [2.24, 2.45) is 7.05 Å². The van der Waals surface area contributed by atoms with Crippen molar-refractivity contribution in [3.8, 4) is 0 Å². The molecule has 1 atom stereocenters. The molecule has 0 saturated carbocycles. The molecule has 2 aromatic heterocycles. The Bertz CT molecular complexity index is 662. The molecule has 0 bridgehead atoms. The lowest BCUT2D eigenvalue weighted by atomic mass is 10.1. The molecule has 0 radical (unpaired) electrons. The maximum Gasteiger partial charge on any atom is 0.274 e. The molecule has 1 fully saturated rings. The van der Waals surface area contributed by atoms with Crippen molar-refractivity contribution < 1.29 is 9.53 Å². The third kappa shape index (κ3) is 2.80. The minimum atomic E-state index is -0.0505. The molecule has 0 aliphatic carbocycles. The van der Waals surface area contributed by atoms with Crippen LogP contribution < -0.4 is 0 Å². The van der Waals surface area contributed by atoms with Crippen LogP contribution in [0.5, 0.6) is 0 Å². The molecule has 118 valence electrons. The Hall–Kier alpha value is -1.66. The molecule has 5 nitrogen and oxygen atoms in total. The summed E-state index contributed by atoms with van der Waals surface area (Å²) >= 11 is 1.56. The minimum absolute atomic E-state index is 0.00218. The summed E-state index contributed by atoms with van der Waals surface area (Å²) in [5.41, 5.74) is 1.64. The van der Waals surface area contributed by atoms with Gasteiger partial charge in [-0.2, -0.15) is 0 Å². The summed E-state index contributed by atoms with van der Waals surface area (Å²) in [5.74, 6) is 0.345. The minimum Gasteiger partial charge on any atom is -0.377 e. The topological polar surface area (TPSA) is 47.4 Å². The van der Waals surface area contributed by atoms with Gasteiger partial charge >= 0.3 is 0 Å². The van der Waals surface area contributed by atoms with E-state index in [0.717, 1.165) is 10.7 Å². The largest absolute Gasteiger partial charge is 0.377 e. The van der Waals surface area contributed by atoms with E-state index in [9.17, 15) is 4.79 Å². The van der Waals surface area contributed by atoms with Gasteiger partial charge in [-0.25, -0.2) is 4.98 Å². The van der Waals surface area contributed by atoms with Crippen LogP contribution in [0.3, 0.4) is 0 Å². The fraction of sp³-hybridized carbons (Fsp3) is 0.500. The average molecular weight is 319 g/mol. The summed E-state index contributed by atoms with van der Waals surface area (Å²) in [7, 11) is 1.99. The zero-order chi connectivity index (χ0) is 15.7. The SMILES string of the molecule is CC(C)c1nc(C(=O)N2CCOC[C@H]2c2cccn2C)cs1. The summed E-state index contributed by atoms with van der Waals surface area (Å²) < 4.78 is 7.64. The molecule has 3 rings (SSSR count). The van der Waals surface area contributed by atoms with Gasteiger partial charge in [-0.15, -0.1) is 11.3 Å². The van der Waals surface area contributed by atoms with Gasteiger partial charge < -0.3 is 14.2 Å². The number of nitrogens with zero attached hydrogens (tertiary/aromatic N) is 3. The number of rotatable bonds is 3. The summed E-state index contributed by atoms with van der Waals surface area (Å²) in [6.45, 7) is 5.89. The first-order chi connectivity index (χ1) is 10.6. The standard InChI is InChI=1S/C16H21N3O2S/c1-11(2)15-17-12(10-22-15)16(20)19-7-8-21-9-14(19)13-5-4-6-18(13)3/h4-6,10-11,14H,7-9H2,1-3H3/t14-/m0/s1. The van der Waals surface area contributed by atoms with E-state index in [1.807, 2.05) is 40.2 Å².